The summed E-state index contributed by atoms with van der Waals surface area (Å²) in [5.41, 5.74) is 0. The number of carbonyl (C=O) groups excluding carboxylic acids is 4. The van der Waals surface area contributed by atoms with Gasteiger partial charge in [-0.05, 0) is 25.2 Å². The van der Waals surface area contributed by atoms with Gasteiger partial charge in [-0.15, -0.1) is 0 Å². The first-order valence-electron chi connectivity index (χ1n) is 8.41. The van der Waals surface area contributed by atoms with Crippen molar-refractivity contribution in [2.75, 3.05) is 34.0 Å². The van der Waals surface area contributed by atoms with Gasteiger partial charge in [0.25, 0.3) is 0 Å². The Bertz CT molecular complexity index is 573. The van der Waals surface area contributed by atoms with Crippen LogP contribution in [0.25, 0.3) is 0 Å². The molecule has 1 fully saturated rings. The Hall–Kier alpha value is -2.68. The van der Waals surface area contributed by atoms with E-state index in [1.165, 1.54) is 14.2 Å². The van der Waals surface area contributed by atoms with Crippen LogP contribution in [0, 0.1) is 5.92 Å². The average molecular weight is 384 g/mol. The maximum atomic E-state index is 11.9. The monoisotopic (exact) mass is 384 g/mol. The Morgan fingerprint density at radius 2 is 1.41 bits per heavy atom. The molecule has 1 heterocycles. The minimum atomic E-state index is -0.765. The van der Waals surface area contributed by atoms with Crippen LogP contribution >= 0.6 is 0 Å². The molecule has 0 bridgehead atoms. The van der Waals surface area contributed by atoms with E-state index in [2.05, 4.69) is 9.47 Å². The normalized spacial score (nSPS) is 16.1. The number of ether oxygens (including phenoxy) is 5. The van der Waals surface area contributed by atoms with Crippen LogP contribution in [0.4, 0.5) is 0 Å². The molecule has 0 aliphatic carbocycles. The summed E-state index contributed by atoms with van der Waals surface area (Å²) in [7, 11) is 2.37. The number of hydrogen-bond acceptors (Lipinski definition) is 9. The van der Waals surface area contributed by atoms with Crippen molar-refractivity contribution in [1.29, 1.82) is 0 Å². The van der Waals surface area contributed by atoms with Crippen molar-refractivity contribution in [2.45, 2.75) is 25.4 Å². The smallest absolute Gasteiger partial charge is 0.331 e. The summed E-state index contributed by atoms with van der Waals surface area (Å²) < 4.78 is 24.4. The van der Waals surface area contributed by atoms with Crippen LogP contribution in [0.3, 0.4) is 0 Å². The van der Waals surface area contributed by atoms with Crippen LogP contribution in [0.5, 0.6) is 0 Å². The fraction of sp³-hybridized carbons (Fsp3) is 0.556. The Morgan fingerprint density at radius 1 is 0.889 bits per heavy atom. The molecule has 1 rings (SSSR count). The molecule has 0 aromatic heterocycles. The lowest BCUT2D eigenvalue weighted by Crippen LogP contribution is -2.29. The zero-order chi connectivity index (χ0) is 20.1. The van der Waals surface area contributed by atoms with E-state index in [9.17, 15) is 19.2 Å². The Morgan fingerprint density at radius 3 is 1.96 bits per heavy atom. The van der Waals surface area contributed by atoms with Crippen molar-refractivity contribution in [3.05, 3.63) is 24.3 Å². The summed E-state index contributed by atoms with van der Waals surface area (Å²) in [6.07, 6.45) is 5.15. The van der Waals surface area contributed by atoms with Gasteiger partial charge < -0.3 is 23.7 Å². The number of rotatable bonds is 9. The fourth-order valence-corrected chi connectivity index (χ4v) is 2.34. The molecule has 0 aromatic carbocycles. The predicted octanol–water partition coefficient (Wildman–Crippen LogP) is 0.716. The van der Waals surface area contributed by atoms with Gasteiger partial charge in [0.1, 0.15) is 12.7 Å². The van der Waals surface area contributed by atoms with Crippen molar-refractivity contribution < 1.29 is 42.9 Å². The van der Waals surface area contributed by atoms with Gasteiger partial charge >= 0.3 is 23.9 Å². The fourth-order valence-electron chi connectivity index (χ4n) is 2.34. The van der Waals surface area contributed by atoms with Gasteiger partial charge in [0.05, 0.1) is 14.2 Å². The number of methoxy groups -OCH3 is 2. The van der Waals surface area contributed by atoms with E-state index in [1.807, 2.05) is 0 Å². The van der Waals surface area contributed by atoms with E-state index in [0.717, 1.165) is 37.1 Å². The molecule has 27 heavy (non-hydrogen) atoms. The molecule has 0 spiro atoms. The predicted molar refractivity (Wildman–Crippen MR) is 91.3 cm³/mol. The van der Waals surface area contributed by atoms with Crippen molar-refractivity contribution >= 4 is 23.9 Å². The highest BCUT2D eigenvalue weighted by Crippen LogP contribution is 2.22. The largest absolute Gasteiger partial charge is 0.466 e. The van der Waals surface area contributed by atoms with Gasteiger partial charge in [-0.2, -0.15) is 0 Å². The molecule has 1 aliphatic rings. The molecule has 9 heteroatoms. The first-order valence-corrected chi connectivity index (χ1v) is 8.41. The van der Waals surface area contributed by atoms with E-state index in [0.29, 0.717) is 19.6 Å². The summed E-state index contributed by atoms with van der Waals surface area (Å²) in [6.45, 7) is 1.06. The summed E-state index contributed by atoms with van der Waals surface area (Å²) in [4.78, 5) is 45.5. The van der Waals surface area contributed by atoms with Crippen molar-refractivity contribution in [3.63, 3.8) is 0 Å². The maximum Gasteiger partial charge on any atom is 0.331 e. The van der Waals surface area contributed by atoms with Gasteiger partial charge in [0.2, 0.25) is 0 Å². The molecular weight excluding hydrogens is 360 g/mol. The quantitative estimate of drug-likeness (QED) is 0.322. The lowest BCUT2D eigenvalue weighted by atomic mass is 9.94. The molecule has 0 saturated carbocycles. The van der Waals surface area contributed by atoms with Gasteiger partial charge in [-0.25, -0.2) is 19.2 Å². The Balaban J connectivity index is 2.60. The second-order valence-electron chi connectivity index (χ2n) is 5.69. The molecule has 0 amide bonds. The summed E-state index contributed by atoms with van der Waals surface area (Å²) in [5.74, 6) is -2.64. The zero-order valence-corrected chi connectivity index (χ0v) is 15.4. The number of carbonyl (C=O) groups is 4. The van der Waals surface area contributed by atoms with E-state index >= 15 is 0 Å². The third-order valence-electron chi connectivity index (χ3n) is 3.74. The van der Waals surface area contributed by atoms with Crippen molar-refractivity contribution in [3.8, 4) is 0 Å². The summed E-state index contributed by atoms with van der Waals surface area (Å²) >= 11 is 0. The van der Waals surface area contributed by atoms with Crippen LogP contribution in [-0.2, 0) is 42.9 Å². The maximum absolute atomic E-state index is 11.9. The standard InChI is InChI=1S/C18H24O9/c1-23-15(19)3-5-17(21)26-12-14(11-13-7-9-25-10-8-13)27-18(22)6-4-16(20)24-2/h3-6,13-14H,7-12H2,1-2H3/b5-3+,6-4+. The molecule has 0 radical (unpaired) electrons. The van der Waals surface area contributed by atoms with Crippen LogP contribution in [-0.4, -0.2) is 64.0 Å². The Labute approximate surface area is 157 Å². The van der Waals surface area contributed by atoms with Gasteiger partial charge in [-0.1, -0.05) is 0 Å². The first-order chi connectivity index (χ1) is 12.9. The first kappa shape index (κ1) is 22.4. The summed E-state index contributed by atoms with van der Waals surface area (Å²) in [6, 6.07) is 0. The molecule has 0 aromatic rings. The van der Waals surface area contributed by atoms with Crippen LogP contribution in [0.15, 0.2) is 24.3 Å². The molecule has 1 saturated heterocycles. The van der Waals surface area contributed by atoms with Crippen LogP contribution in [0.2, 0.25) is 0 Å². The van der Waals surface area contributed by atoms with Crippen LogP contribution < -0.4 is 0 Å². The minimum Gasteiger partial charge on any atom is -0.466 e. The third kappa shape index (κ3) is 10.1. The van der Waals surface area contributed by atoms with Gasteiger partial charge in [-0.3, -0.25) is 0 Å². The molecule has 0 N–H and O–H groups in total. The molecule has 9 nitrogen and oxygen atoms in total. The van der Waals surface area contributed by atoms with E-state index in [-0.39, 0.29) is 12.5 Å². The molecule has 1 aliphatic heterocycles. The molecule has 1 unspecified atom stereocenters. The average Bonchev–Trinajstić information content (AvgIpc) is 2.68. The van der Waals surface area contributed by atoms with Gasteiger partial charge in [0.15, 0.2) is 0 Å². The van der Waals surface area contributed by atoms with E-state index < -0.39 is 30.0 Å². The summed E-state index contributed by atoms with van der Waals surface area (Å²) in [5, 5.41) is 0. The van der Waals surface area contributed by atoms with Gasteiger partial charge in [0, 0.05) is 37.5 Å². The Kier molecular flexibility index (Phi) is 10.5. The second-order valence-corrected chi connectivity index (χ2v) is 5.69. The number of hydrogen-bond donors (Lipinski definition) is 0. The second kappa shape index (κ2) is 12.6. The van der Waals surface area contributed by atoms with E-state index in [4.69, 9.17) is 14.2 Å². The van der Waals surface area contributed by atoms with Crippen molar-refractivity contribution in [1.82, 2.24) is 0 Å². The molecule has 150 valence electrons. The third-order valence-corrected chi connectivity index (χ3v) is 3.74. The highest BCUT2D eigenvalue weighted by atomic mass is 16.6. The lowest BCUT2D eigenvalue weighted by Gasteiger charge is -2.26. The highest BCUT2D eigenvalue weighted by molar-refractivity contribution is 5.92. The minimum absolute atomic E-state index is 0.181. The van der Waals surface area contributed by atoms with Crippen LogP contribution in [0.1, 0.15) is 19.3 Å². The SMILES string of the molecule is COC(=O)/C=C/C(=O)OCC(CC1CCOCC1)OC(=O)/C=C/C(=O)OC. The topological polar surface area (TPSA) is 114 Å². The number of esters is 4. The lowest BCUT2D eigenvalue weighted by molar-refractivity contribution is -0.154. The van der Waals surface area contributed by atoms with E-state index in [1.54, 1.807) is 0 Å². The zero-order valence-electron chi connectivity index (χ0n) is 15.4. The molecular formula is C18H24O9. The highest BCUT2D eigenvalue weighted by Gasteiger charge is 2.23. The van der Waals surface area contributed by atoms with Crippen molar-refractivity contribution in [2.24, 2.45) is 5.92 Å². The molecule has 1 atom stereocenters.